The van der Waals surface area contributed by atoms with Crippen molar-refractivity contribution >= 4 is 34.4 Å². The van der Waals surface area contributed by atoms with Gasteiger partial charge in [-0.3, -0.25) is 19.7 Å². The van der Waals surface area contributed by atoms with E-state index >= 15 is 0 Å². The van der Waals surface area contributed by atoms with Crippen LogP contribution >= 0.6 is 0 Å². The van der Waals surface area contributed by atoms with E-state index in [1.807, 2.05) is 0 Å². The zero-order valence-corrected chi connectivity index (χ0v) is 13.5. The van der Waals surface area contributed by atoms with E-state index in [4.69, 9.17) is 9.52 Å². The molecule has 2 N–H and O–H groups in total. The first kappa shape index (κ1) is 17.2. The second kappa shape index (κ2) is 7.06. The number of nitrogens with one attached hydrogen (secondary N) is 1. The Labute approximate surface area is 147 Å². The molecule has 26 heavy (non-hydrogen) atoms. The Balaban J connectivity index is 2.02. The van der Waals surface area contributed by atoms with Crippen LogP contribution in [0.5, 0.6) is 0 Å². The fourth-order valence-electron chi connectivity index (χ4n) is 2.62. The van der Waals surface area contributed by atoms with Crippen LogP contribution in [0.1, 0.15) is 12.8 Å². The third kappa shape index (κ3) is 3.54. The van der Waals surface area contributed by atoms with Crippen molar-refractivity contribution in [1.29, 1.82) is 0 Å². The number of hydrogen-bond acceptors (Lipinski definition) is 5. The number of amides is 1. The molecular weight excluding hydrogens is 340 g/mol. The summed E-state index contributed by atoms with van der Waals surface area (Å²) < 4.78 is 5.36. The van der Waals surface area contributed by atoms with E-state index in [-0.39, 0.29) is 18.7 Å². The zero-order valence-electron chi connectivity index (χ0n) is 13.5. The first-order valence-electron chi connectivity index (χ1n) is 7.73. The summed E-state index contributed by atoms with van der Waals surface area (Å²) >= 11 is 0. The fourth-order valence-corrected chi connectivity index (χ4v) is 2.62. The first-order valence-corrected chi connectivity index (χ1v) is 7.73. The maximum atomic E-state index is 11.8. The highest BCUT2D eigenvalue weighted by atomic mass is 16.6. The molecule has 0 saturated carbocycles. The number of furan rings is 1. The van der Waals surface area contributed by atoms with Gasteiger partial charge in [0.25, 0.3) is 0 Å². The molecule has 3 aromatic rings. The Morgan fingerprint density at radius 1 is 1.12 bits per heavy atom. The molecule has 0 unspecified atom stereocenters. The van der Waals surface area contributed by atoms with Gasteiger partial charge in [0.05, 0.1) is 6.42 Å². The lowest BCUT2D eigenvalue weighted by Gasteiger charge is -2.04. The second-order valence-corrected chi connectivity index (χ2v) is 5.56. The molecule has 1 amide bonds. The second-order valence-electron chi connectivity index (χ2n) is 5.56. The fraction of sp³-hybridized carbons (Fsp3) is 0.111. The minimum Gasteiger partial charge on any atom is -0.481 e. The number of anilines is 1. The highest BCUT2D eigenvalue weighted by Gasteiger charge is 2.25. The van der Waals surface area contributed by atoms with Crippen molar-refractivity contribution in [1.82, 2.24) is 0 Å². The summed E-state index contributed by atoms with van der Waals surface area (Å²) in [5.74, 6) is -1.89. The van der Waals surface area contributed by atoms with Crippen molar-refractivity contribution in [2.45, 2.75) is 12.8 Å². The van der Waals surface area contributed by atoms with Crippen molar-refractivity contribution in [2.24, 2.45) is 0 Å². The van der Waals surface area contributed by atoms with Crippen molar-refractivity contribution in [3.63, 3.8) is 0 Å². The van der Waals surface area contributed by atoms with Crippen LogP contribution in [0.2, 0.25) is 0 Å². The van der Waals surface area contributed by atoms with Crippen molar-refractivity contribution in [3.05, 3.63) is 58.6 Å². The topological polar surface area (TPSA) is 123 Å². The van der Waals surface area contributed by atoms with E-state index in [0.29, 0.717) is 27.8 Å². The van der Waals surface area contributed by atoms with Crippen LogP contribution < -0.4 is 5.32 Å². The molecule has 0 fully saturated rings. The molecule has 0 aliphatic carbocycles. The standard InChI is InChI=1S/C18H14N2O6/c21-15(8-9-16(22)23)19-12-6-7-14-13(10-12)17(18(26-14)20(24)25)11-4-2-1-3-5-11/h1-7,10H,8-9H2,(H,19,21)(H,22,23). The van der Waals surface area contributed by atoms with Crippen molar-refractivity contribution < 1.29 is 24.0 Å². The molecule has 2 aromatic carbocycles. The number of carbonyl (C=O) groups is 2. The normalized spacial score (nSPS) is 10.6. The predicted octanol–water partition coefficient (Wildman–Crippen LogP) is 3.81. The van der Waals surface area contributed by atoms with Gasteiger partial charge >= 0.3 is 11.9 Å². The summed E-state index contributed by atoms with van der Waals surface area (Å²) in [7, 11) is 0. The van der Waals surface area contributed by atoms with Crippen molar-refractivity contribution in [2.75, 3.05) is 5.32 Å². The number of rotatable bonds is 6. The number of carboxylic acids is 1. The Morgan fingerprint density at radius 3 is 2.50 bits per heavy atom. The van der Waals surface area contributed by atoms with E-state index in [0.717, 1.165) is 0 Å². The lowest BCUT2D eigenvalue weighted by Crippen LogP contribution is -2.13. The van der Waals surface area contributed by atoms with Gasteiger partial charge in [-0.05, 0) is 23.8 Å². The Morgan fingerprint density at radius 2 is 1.85 bits per heavy atom. The van der Waals surface area contributed by atoms with Gasteiger partial charge in [-0.15, -0.1) is 0 Å². The van der Waals surface area contributed by atoms with Gasteiger partial charge in [0.2, 0.25) is 5.91 Å². The number of nitrogens with zero attached hydrogens (tertiary/aromatic N) is 1. The van der Waals surface area contributed by atoms with Gasteiger partial charge in [-0.2, -0.15) is 0 Å². The average molecular weight is 354 g/mol. The molecule has 1 aromatic heterocycles. The lowest BCUT2D eigenvalue weighted by atomic mass is 10.0. The van der Waals surface area contributed by atoms with E-state index in [2.05, 4.69) is 5.32 Å². The minimum atomic E-state index is -1.06. The molecule has 0 aliphatic rings. The monoisotopic (exact) mass is 354 g/mol. The average Bonchev–Trinajstić information content (AvgIpc) is 3.00. The number of carbonyl (C=O) groups excluding carboxylic acids is 1. The number of fused-ring (bicyclic) bond motifs is 1. The molecule has 1 heterocycles. The first-order chi connectivity index (χ1) is 12.5. The van der Waals surface area contributed by atoms with Crippen LogP contribution in [0.25, 0.3) is 22.1 Å². The summed E-state index contributed by atoms with van der Waals surface area (Å²) in [4.78, 5) is 33.1. The molecular formula is C18H14N2O6. The number of carboxylic acid groups (broad SMARTS) is 1. The van der Waals surface area contributed by atoms with Crippen LogP contribution in [0, 0.1) is 10.1 Å². The Kier molecular flexibility index (Phi) is 4.66. The van der Waals surface area contributed by atoms with Gasteiger partial charge in [0, 0.05) is 17.5 Å². The number of nitro groups is 1. The number of benzene rings is 2. The van der Waals surface area contributed by atoms with Gasteiger partial charge in [0.1, 0.15) is 16.1 Å². The lowest BCUT2D eigenvalue weighted by molar-refractivity contribution is -0.400. The maximum absolute atomic E-state index is 11.8. The summed E-state index contributed by atoms with van der Waals surface area (Å²) in [5.41, 5.74) is 1.67. The summed E-state index contributed by atoms with van der Waals surface area (Å²) in [5, 5.41) is 23.1. The number of aliphatic carboxylic acids is 1. The quantitative estimate of drug-likeness (QED) is 0.512. The molecule has 0 bridgehead atoms. The SMILES string of the molecule is O=C(O)CCC(=O)Nc1ccc2oc([N+](=O)[O-])c(-c3ccccc3)c2c1. The summed E-state index contributed by atoms with van der Waals surface area (Å²) in [6.07, 6.45) is -0.440. The predicted molar refractivity (Wildman–Crippen MR) is 93.8 cm³/mol. The highest BCUT2D eigenvalue weighted by molar-refractivity contribution is 6.02. The van der Waals surface area contributed by atoms with Crippen molar-refractivity contribution in [3.8, 4) is 11.1 Å². The van der Waals surface area contributed by atoms with Gasteiger partial charge in [-0.1, -0.05) is 30.3 Å². The van der Waals surface area contributed by atoms with Crippen LogP contribution in [-0.4, -0.2) is 21.9 Å². The van der Waals surface area contributed by atoms with E-state index in [9.17, 15) is 19.7 Å². The summed E-state index contributed by atoms with van der Waals surface area (Å²) in [6, 6.07) is 13.4. The molecule has 8 nitrogen and oxygen atoms in total. The highest BCUT2D eigenvalue weighted by Crippen LogP contribution is 2.40. The van der Waals surface area contributed by atoms with Crippen LogP contribution in [0.3, 0.4) is 0 Å². The maximum Gasteiger partial charge on any atom is 0.442 e. The smallest absolute Gasteiger partial charge is 0.442 e. The number of hydrogen-bond donors (Lipinski definition) is 2. The minimum absolute atomic E-state index is 0.162. The third-order valence-electron chi connectivity index (χ3n) is 3.75. The van der Waals surface area contributed by atoms with E-state index < -0.39 is 16.8 Å². The third-order valence-corrected chi connectivity index (χ3v) is 3.75. The van der Waals surface area contributed by atoms with E-state index in [1.165, 1.54) is 6.07 Å². The Bertz CT molecular complexity index is 994. The molecule has 0 atom stereocenters. The van der Waals surface area contributed by atoms with Crippen LogP contribution in [0.4, 0.5) is 11.6 Å². The van der Waals surface area contributed by atoms with Gasteiger partial charge < -0.3 is 14.8 Å². The molecule has 3 rings (SSSR count). The van der Waals surface area contributed by atoms with Crippen LogP contribution in [-0.2, 0) is 9.59 Å². The van der Waals surface area contributed by atoms with Gasteiger partial charge in [-0.25, -0.2) is 0 Å². The van der Waals surface area contributed by atoms with Crippen LogP contribution in [0.15, 0.2) is 52.9 Å². The van der Waals surface area contributed by atoms with Gasteiger partial charge in [0.15, 0.2) is 0 Å². The molecule has 0 saturated heterocycles. The summed E-state index contributed by atoms with van der Waals surface area (Å²) in [6.45, 7) is 0. The molecule has 0 aliphatic heterocycles. The Hall–Kier alpha value is -3.68. The molecule has 0 spiro atoms. The largest absolute Gasteiger partial charge is 0.481 e. The van der Waals surface area contributed by atoms with E-state index in [1.54, 1.807) is 42.5 Å². The molecule has 8 heteroatoms. The molecule has 0 radical (unpaired) electrons. The molecule has 132 valence electrons. The zero-order chi connectivity index (χ0) is 18.7.